The van der Waals surface area contributed by atoms with Crippen LogP contribution in [0.5, 0.6) is 5.75 Å². The van der Waals surface area contributed by atoms with E-state index >= 15 is 0 Å². The Morgan fingerprint density at radius 2 is 1.86 bits per heavy atom. The lowest BCUT2D eigenvalue weighted by molar-refractivity contribution is 0.202. The Hall–Kier alpha value is -0.150. The molecule has 1 aromatic rings. The quantitative estimate of drug-likeness (QED) is 0.823. The third-order valence-corrected chi connectivity index (χ3v) is 3.26. The number of benzene rings is 1. The molecular formula is C11H15BrOS. The molecule has 0 saturated carbocycles. The van der Waals surface area contributed by atoms with Crippen molar-refractivity contribution in [1.82, 2.24) is 0 Å². The minimum atomic E-state index is 0.121. The van der Waals surface area contributed by atoms with E-state index in [0.717, 1.165) is 16.0 Å². The van der Waals surface area contributed by atoms with Crippen LogP contribution in [0.4, 0.5) is 0 Å². The predicted octanol–water partition coefficient (Wildman–Crippen LogP) is 3.78. The minimum absolute atomic E-state index is 0.121. The second-order valence-corrected chi connectivity index (χ2v) is 5.30. The maximum Gasteiger partial charge on any atom is 0.119 e. The molecule has 0 radical (unpaired) electrons. The van der Waals surface area contributed by atoms with Crippen molar-refractivity contribution >= 4 is 28.6 Å². The number of ether oxygens (including phenoxy) is 1. The van der Waals surface area contributed by atoms with E-state index in [-0.39, 0.29) is 5.41 Å². The molecule has 0 spiro atoms. The Balaban J connectivity index is 2.50. The molecule has 0 fully saturated rings. The summed E-state index contributed by atoms with van der Waals surface area (Å²) >= 11 is 7.66. The SMILES string of the molecule is CC(C)(CS)COc1ccc(Br)cc1. The van der Waals surface area contributed by atoms with Crippen molar-refractivity contribution in [3.63, 3.8) is 0 Å². The van der Waals surface area contributed by atoms with E-state index in [0.29, 0.717) is 6.61 Å². The van der Waals surface area contributed by atoms with E-state index in [1.807, 2.05) is 24.3 Å². The minimum Gasteiger partial charge on any atom is -0.493 e. The molecule has 0 saturated heterocycles. The molecule has 1 aromatic carbocycles. The third kappa shape index (κ3) is 3.93. The highest BCUT2D eigenvalue weighted by molar-refractivity contribution is 9.10. The van der Waals surface area contributed by atoms with Crippen molar-refractivity contribution in [1.29, 1.82) is 0 Å². The van der Waals surface area contributed by atoms with Gasteiger partial charge in [-0.2, -0.15) is 12.6 Å². The summed E-state index contributed by atoms with van der Waals surface area (Å²) in [6, 6.07) is 7.86. The van der Waals surface area contributed by atoms with Crippen LogP contribution in [0.2, 0.25) is 0 Å². The molecule has 0 heterocycles. The van der Waals surface area contributed by atoms with Gasteiger partial charge in [0.05, 0.1) is 6.61 Å². The Kier molecular flexibility index (Phi) is 4.32. The fourth-order valence-electron chi connectivity index (χ4n) is 0.855. The van der Waals surface area contributed by atoms with Gasteiger partial charge in [0, 0.05) is 9.89 Å². The molecule has 3 heteroatoms. The summed E-state index contributed by atoms with van der Waals surface area (Å²) in [5, 5.41) is 0. The first-order chi connectivity index (χ1) is 6.53. The van der Waals surface area contributed by atoms with E-state index in [1.54, 1.807) is 0 Å². The first-order valence-corrected chi connectivity index (χ1v) is 5.95. The van der Waals surface area contributed by atoms with Crippen LogP contribution < -0.4 is 4.74 Å². The lowest BCUT2D eigenvalue weighted by Gasteiger charge is -2.22. The smallest absolute Gasteiger partial charge is 0.119 e. The number of hydrogen-bond acceptors (Lipinski definition) is 2. The zero-order chi connectivity index (χ0) is 10.6. The van der Waals surface area contributed by atoms with Gasteiger partial charge in [-0.1, -0.05) is 29.8 Å². The molecule has 0 aliphatic rings. The molecule has 0 atom stereocenters. The van der Waals surface area contributed by atoms with Crippen LogP contribution in [0.1, 0.15) is 13.8 Å². The highest BCUT2D eigenvalue weighted by atomic mass is 79.9. The largest absolute Gasteiger partial charge is 0.493 e. The summed E-state index contributed by atoms with van der Waals surface area (Å²) in [5.41, 5.74) is 0.121. The van der Waals surface area contributed by atoms with Gasteiger partial charge in [-0.15, -0.1) is 0 Å². The summed E-state index contributed by atoms with van der Waals surface area (Å²) in [5.74, 6) is 1.73. The molecule has 0 bridgehead atoms. The van der Waals surface area contributed by atoms with Gasteiger partial charge < -0.3 is 4.74 Å². The van der Waals surface area contributed by atoms with Gasteiger partial charge in [-0.25, -0.2) is 0 Å². The Labute approximate surface area is 99.4 Å². The molecule has 1 rings (SSSR count). The Morgan fingerprint density at radius 3 is 2.36 bits per heavy atom. The number of halogens is 1. The molecule has 0 amide bonds. The maximum atomic E-state index is 5.65. The van der Waals surface area contributed by atoms with Crippen LogP contribution in [0.3, 0.4) is 0 Å². The summed E-state index contributed by atoms with van der Waals surface area (Å²) in [6.07, 6.45) is 0. The third-order valence-electron chi connectivity index (χ3n) is 1.87. The van der Waals surface area contributed by atoms with Crippen LogP contribution >= 0.6 is 28.6 Å². The average molecular weight is 275 g/mol. The predicted molar refractivity (Wildman–Crippen MR) is 67.3 cm³/mol. The van der Waals surface area contributed by atoms with Crippen molar-refractivity contribution in [3.05, 3.63) is 28.7 Å². The van der Waals surface area contributed by atoms with Crippen molar-refractivity contribution in [3.8, 4) is 5.75 Å². The maximum absolute atomic E-state index is 5.65. The van der Waals surface area contributed by atoms with E-state index in [9.17, 15) is 0 Å². The zero-order valence-corrected chi connectivity index (χ0v) is 10.9. The molecule has 0 unspecified atom stereocenters. The monoisotopic (exact) mass is 274 g/mol. The van der Waals surface area contributed by atoms with Crippen LogP contribution in [0, 0.1) is 5.41 Å². The lowest BCUT2D eigenvalue weighted by Crippen LogP contribution is -2.23. The van der Waals surface area contributed by atoms with Gasteiger partial charge in [0.15, 0.2) is 0 Å². The van der Waals surface area contributed by atoms with Gasteiger partial charge in [-0.3, -0.25) is 0 Å². The molecular weight excluding hydrogens is 260 g/mol. The fraction of sp³-hybridized carbons (Fsp3) is 0.455. The number of thiol groups is 1. The number of hydrogen-bond donors (Lipinski definition) is 1. The van der Waals surface area contributed by atoms with E-state index < -0.39 is 0 Å². The molecule has 0 aromatic heterocycles. The van der Waals surface area contributed by atoms with Crippen molar-refractivity contribution in [2.75, 3.05) is 12.4 Å². The normalized spacial score (nSPS) is 11.4. The second-order valence-electron chi connectivity index (χ2n) is 4.06. The van der Waals surface area contributed by atoms with Crippen LogP contribution in [0.15, 0.2) is 28.7 Å². The molecule has 0 aliphatic carbocycles. The summed E-state index contributed by atoms with van der Waals surface area (Å²) in [6.45, 7) is 4.97. The molecule has 0 aliphatic heterocycles. The van der Waals surface area contributed by atoms with E-state index in [1.165, 1.54) is 0 Å². The molecule has 14 heavy (non-hydrogen) atoms. The zero-order valence-electron chi connectivity index (χ0n) is 8.46. The summed E-state index contributed by atoms with van der Waals surface area (Å²) < 4.78 is 6.71. The average Bonchev–Trinajstić information content (AvgIpc) is 2.17. The van der Waals surface area contributed by atoms with Gasteiger partial charge in [0.1, 0.15) is 5.75 Å². The van der Waals surface area contributed by atoms with Crippen molar-refractivity contribution < 1.29 is 4.74 Å². The van der Waals surface area contributed by atoms with Gasteiger partial charge >= 0.3 is 0 Å². The topological polar surface area (TPSA) is 9.23 Å². The van der Waals surface area contributed by atoms with E-state index in [2.05, 4.69) is 42.4 Å². The van der Waals surface area contributed by atoms with Crippen LogP contribution in [0.25, 0.3) is 0 Å². The first-order valence-electron chi connectivity index (χ1n) is 4.53. The van der Waals surface area contributed by atoms with Crippen LogP contribution in [-0.4, -0.2) is 12.4 Å². The molecule has 0 N–H and O–H groups in total. The van der Waals surface area contributed by atoms with Crippen LogP contribution in [-0.2, 0) is 0 Å². The molecule has 78 valence electrons. The second kappa shape index (κ2) is 5.08. The summed E-state index contributed by atoms with van der Waals surface area (Å²) in [7, 11) is 0. The van der Waals surface area contributed by atoms with Gasteiger partial charge in [0.25, 0.3) is 0 Å². The molecule has 1 nitrogen and oxygen atoms in total. The standard InChI is InChI=1S/C11H15BrOS/c1-11(2,8-14)7-13-10-5-3-9(12)4-6-10/h3-6,14H,7-8H2,1-2H3. The highest BCUT2D eigenvalue weighted by Gasteiger charge is 2.16. The van der Waals surface area contributed by atoms with Gasteiger partial charge in [0.2, 0.25) is 0 Å². The number of rotatable bonds is 4. The summed E-state index contributed by atoms with van der Waals surface area (Å²) in [4.78, 5) is 0. The lowest BCUT2D eigenvalue weighted by atomic mass is 9.98. The van der Waals surface area contributed by atoms with Crippen molar-refractivity contribution in [2.45, 2.75) is 13.8 Å². The van der Waals surface area contributed by atoms with E-state index in [4.69, 9.17) is 4.74 Å². The fourth-order valence-corrected chi connectivity index (χ4v) is 1.21. The van der Waals surface area contributed by atoms with Crippen molar-refractivity contribution in [2.24, 2.45) is 5.41 Å². The van der Waals surface area contributed by atoms with Gasteiger partial charge in [-0.05, 0) is 30.0 Å². The first kappa shape index (κ1) is 11.9. The Bertz CT molecular complexity index is 282. The Morgan fingerprint density at radius 1 is 1.29 bits per heavy atom. The highest BCUT2D eigenvalue weighted by Crippen LogP contribution is 2.21.